The molecule has 3 fully saturated rings. The maximum atomic E-state index is 13.5. The summed E-state index contributed by atoms with van der Waals surface area (Å²) in [5.41, 5.74) is 1.84. The lowest BCUT2D eigenvalue weighted by atomic mass is 9.94. The first-order valence-corrected chi connectivity index (χ1v) is 17.8. The predicted octanol–water partition coefficient (Wildman–Crippen LogP) is 5.01. The lowest BCUT2D eigenvalue weighted by Gasteiger charge is -2.43. The van der Waals surface area contributed by atoms with E-state index in [0.29, 0.717) is 49.7 Å². The highest BCUT2D eigenvalue weighted by atomic mass is 32.2. The van der Waals surface area contributed by atoms with Crippen molar-refractivity contribution in [2.45, 2.75) is 95.2 Å². The molecule has 1 aromatic heterocycles. The van der Waals surface area contributed by atoms with E-state index in [-0.39, 0.29) is 24.2 Å². The number of ether oxygens (including phenoxy) is 1. The third kappa shape index (κ3) is 8.22. The number of nitrogens with zero attached hydrogens (tertiary/aromatic N) is 5. The minimum atomic E-state index is -4.39. The fourth-order valence-corrected chi connectivity index (χ4v) is 7.75. The Balaban J connectivity index is 1.12. The van der Waals surface area contributed by atoms with Gasteiger partial charge in [0.2, 0.25) is 10.0 Å². The summed E-state index contributed by atoms with van der Waals surface area (Å²) in [5.74, 6) is -0.0957. The zero-order valence-corrected chi connectivity index (χ0v) is 27.1. The number of halogens is 3. The van der Waals surface area contributed by atoms with E-state index < -0.39 is 21.8 Å². The first kappa shape index (κ1) is 33.7. The van der Waals surface area contributed by atoms with E-state index in [2.05, 4.69) is 14.9 Å². The fourth-order valence-electron chi connectivity index (χ4n) is 6.99. The van der Waals surface area contributed by atoms with Gasteiger partial charge in [-0.05, 0) is 95.5 Å². The average molecular weight is 652 g/mol. The van der Waals surface area contributed by atoms with Crippen molar-refractivity contribution >= 4 is 15.9 Å². The van der Waals surface area contributed by atoms with Crippen LogP contribution in [0.2, 0.25) is 0 Å². The number of alkyl halides is 3. The molecule has 45 heavy (non-hydrogen) atoms. The number of carbonyl (C=O) groups excluding carboxylic acids is 1. The number of sulfonamides is 1. The van der Waals surface area contributed by atoms with Gasteiger partial charge in [0, 0.05) is 43.5 Å². The molecule has 0 spiro atoms. The maximum absolute atomic E-state index is 13.5. The van der Waals surface area contributed by atoms with Crippen molar-refractivity contribution in [3.05, 3.63) is 58.7 Å². The second-order valence-electron chi connectivity index (χ2n) is 12.7. The zero-order valence-electron chi connectivity index (χ0n) is 26.3. The molecule has 2 aromatic rings. The molecule has 0 unspecified atom stereocenters. The number of piperidine rings is 2. The molecule has 3 aliphatic rings. The van der Waals surface area contributed by atoms with Gasteiger partial charge in [-0.2, -0.15) is 13.2 Å². The van der Waals surface area contributed by atoms with Crippen LogP contribution in [0.1, 0.15) is 90.3 Å². The number of likely N-dealkylation sites (tertiary alicyclic amines) is 2. The van der Waals surface area contributed by atoms with Crippen LogP contribution >= 0.6 is 0 Å². The van der Waals surface area contributed by atoms with Crippen LogP contribution in [0, 0.1) is 6.92 Å². The largest absolute Gasteiger partial charge is 0.416 e. The van der Waals surface area contributed by atoms with E-state index >= 15 is 0 Å². The molecule has 1 aromatic carbocycles. The van der Waals surface area contributed by atoms with Gasteiger partial charge in [-0.25, -0.2) is 22.7 Å². The summed E-state index contributed by atoms with van der Waals surface area (Å²) in [7, 11) is -1.54. The molecule has 0 N–H and O–H groups in total. The van der Waals surface area contributed by atoms with Crippen LogP contribution in [0.25, 0.3) is 0 Å². The quantitative estimate of drug-likeness (QED) is 0.396. The van der Waals surface area contributed by atoms with Crippen molar-refractivity contribution in [1.82, 2.24) is 24.1 Å². The van der Waals surface area contributed by atoms with E-state index in [9.17, 15) is 26.4 Å². The van der Waals surface area contributed by atoms with Crippen LogP contribution in [0.15, 0.2) is 30.6 Å². The normalized spacial score (nSPS) is 23.0. The first-order valence-electron chi connectivity index (χ1n) is 15.9. The summed E-state index contributed by atoms with van der Waals surface area (Å²) in [6, 6.07) is 5.80. The lowest BCUT2D eigenvalue weighted by Crippen LogP contribution is -2.52. The monoisotopic (exact) mass is 651 g/mol. The van der Waals surface area contributed by atoms with E-state index in [0.717, 1.165) is 68.9 Å². The Morgan fingerprint density at radius 2 is 1.76 bits per heavy atom. The van der Waals surface area contributed by atoms with Crippen molar-refractivity contribution < 1.29 is 31.1 Å². The number of aromatic nitrogens is 2. The molecule has 13 heteroatoms. The molecule has 5 rings (SSSR count). The number of aryl methyl sites for hydroxylation is 1. The molecule has 4 heterocycles. The van der Waals surface area contributed by atoms with Gasteiger partial charge in [0.05, 0.1) is 24.0 Å². The Labute approximate surface area is 264 Å². The third-order valence-electron chi connectivity index (χ3n) is 9.83. The van der Waals surface area contributed by atoms with Gasteiger partial charge in [-0.1, -0.05) is 12.1 Å². The Kier molecular flexibility index (Phi) is 10.5. The molecule has 2 atom stereocenters. The molecule has 0 radical (unpaired) electrons. The minimum Gasteiger partial charge on any atom is -0.370 e. The van der Waals surface area contributed by atoms with Crippen molar-refractivity contribution in [2.24, 2.45) is 0 Å². The number of hydrogen-bond acceptors (Lipinski definition) is 7. The van der Waals surface area contributed by atoms with Gasteiger partial charge in [0.25, 0.3) is 5.91 Å². The smallest absolute Gasteiger partial charge is 0.370 e. The fraction of sp³-hybridized carbons (Fsp3) is 0.656. The maximum Gasteiger partial charge on any atom is 0.416 e. The van der Waals surface area contributed by atoms with E-state index in [1.807, 2.05) is 11.8 Å². The van der Waals surface area contributed by atoms with Crippen LogP contribution in [0.4, 0.5) is 13.2 Å². The SMILES string of the molecule is Cc1c(CC[C@@H]2CCC[C@H](c3cccc(C(F)(F)F)c3)O2)ncnc1C(=O)N1CCC(N2CCC(N(C)S(C)(=O)=O)CC2)CC1. The van der Waals surface area contributed by atoms with E-state index in [4.69, 9.17) is 4.74 Å². The predicted molar refractivity (Wildman–Crippen MR) is 164 cm³/mol. The van der Waals surface area contributed by atoms with Crippen LogP contribution in [0.5, 0.6) is 0 Å². The van der Waals surface area contributed by atoms with Crippen molar-refractivity contribution in [1.29, 1.82) is 0 Å². The molecule has 3 aliphatic heterocycles. The third-order valence-corrected chi connectivity index (χ3v) is 11.2. The molecular formula is C32H44F3N5O4S. The van der Waals surface area contributed by atoms with Crippen LogP contribution in [-0.2, 0) is 27.4 Å². The number of benzene rings is 1. The number of rotatable bonds is 8. The van der Waals surface area contributed by atoms with Gasteiger partial charge in [0.1, 0.15) is 12.0 Å². The number of hydrogen-bond donors (Lipinski definition) is 0. The highest BCUT2D eigenvalue weighted by molar-refractivity contribution is 7.88. The summed E-state index contributed by atoms with van der Waals surface area (Å²) in [4.78, 5) is 26.6. The summed E-state index contributed by atoms with van der Waals surface area (Å²) in [6.45, 7) is 4.85. The summed E-state index contributed by atoms with van der Waals surface area (Å²) >= 11 is 0. The highest BCUT2D eigenvalue weighted by Gasteiger charge is 2.34. The van der Waals surface area contributed by atoms with E-state index in [1.165, 1.54) is 29.0 Å². The Morgan fingerprint density at radius 1 is 1.04 bits per heavy atom. The Bertz CT molecular complexity index is 1440. The molecule has 3 saturated heterocycles. The van der Waals surface area contributed by atoms with Crippen molar-refractivity contribution in [3.8, 4) is 0 Å². The second-order valence-corrected chi connectivity index (χ2v) is 14.7. The van der Waals surface area contributed by atoms with Crippen LogP contribution in [-0.4, -0.2) is 96.1 Å². The molecular weight excluding hydrogens is 607 g/mol. The molecule has 1 amide bonds. The number of carbonyl (C=O) groups is 1. The summed E-state index contributed by atoms with van der Waals surface area (Å²) in [6.07, 6.45) is 4.77. The summed E-state index contributed by atoms with van der Waals surface area (Å²) < 4.78 is 71.2. The van der Waals surface area contributed by atoms with Gasteiger partial charge in [-0.3, -0.25) is 4.79 Å². The second kappa shape index (κ2) is 14.0. The zero-order chi connectivity index (χ0) is 32.4. The molecule has 9 nitrogen and oxygen atoms in total. The molecule has 0 bridgehead atoms. The molecule has 0 aliphatic carbocycles. The van der Waals surface area contributed by atoms with Gasteiger partial charge in [0.15, 0.2) is 0 Å². The minimum absolute atomic E-state index is 0.0364. The van der Waals surface area contributed by atoms with Gasteiger partial charge in [-0.15, -0.1) is 0 Å². The van der Waals surface area contributed by atoms with E-state index in [1.54, 1.807) is 13.1 Å². The van der Waals surface area contributed by atoms with Gasteiger partial charge >= 0.3 is 6.18 Å². The van der Waals surface area contributed by atoms with Crippen molar-refractivity contribution in [2.75, 3.05) is 39.5 Å². The highest BCUT2D eigenvalue weighted by Crippen LogP contribution is 2.36. The topological polar surface area (TPSA) is 95.9 Å². The number of amides is 1. The standard InChI is InChI=1S/C32H44F3N5O4S/c1-22-28(11-10-27-8-5-9-29(44-27)23-6-4-7-24(20-23)32(33,34)35)36-21-37-30(22)31(41)40-18-14-26(15-19-40)39-16-12-25(13-17-39)38(2)45(3,42)43/h4,6-7,20-21,25-27,29H,5,8-19H2,1-3H3/t27-,29+/m0/s1. The molecule has 248 valence electrons. The lowest BCUT2D eigenvalue weighted by molar-refractivity contribution is -0.137. The first-order chi connectivity index (χ1) is 21.3. The van der Waals surface area contributed by atoms with Gasteiger partial charge < -0.3 is 14.5 Å². The Hall–Kier alpha value is -2.61. The summed E-state index contributed by atoms with van der Waals surface area (Å²) in [5, 5.41) is 0. The average Bonchev–Trinajstić information content (AvgIpc) is 3.03. The van der Waals surface area contributed by atoms with Crippen LogP contribution in [0.3, 0.4) is 0 Å². The van der Waals surface area contributed by atoms with Crippen LogP contribution < -0.4 is 0 Å². The Morgan fingerprint density at radius 3 is 2.42 bits per heavy atom. The van der Waals surface area contributed by atoms with Crippen molar-refractivity contribution in [3.63, 3.8) is 0 Å². The molecule has 0 saturated carbocycles.